The van der Waals surface area contributed by atoms with E-state index in [4.69, 9.17) is 14.2 Å². The average molecular weight is 608 g/mol. The molecule has 0 saturated carbocycles. The summed E-state index contributed by atoms with van der Waals surface area (Å²) in [5, 5.41) is 16.1. The van der Waals surface area contributed by atoms with E-state index < -0.39 is 5.60 Å². The summed E-state index contributed by atoms with van der Waals surface area (Å²) >= 11 is 0. The molecule has 0 radical (unpaired) electrons. The van der Waals surface area contributed by atoms with Gasteiger partial charge in [0, 0.05) is 32.8 Å². The normalized spacial score (nSPS) is 11.4. The van der Waals surface area contributed by atoms with E-state index in [1.165, 1.54) is 0 Å². The van der Waals surface area contributed by atoms with Crippen molar-refractivity contribution in [2.24, 2.45) is 0 Å². The third kappa shape index (κ3) is 9.64. The molecule has 236 valence electrons. The van der Waals surface area contributed by atoms with Crippen LogP contribution in [0.15, 0.2) is 42.9 Å². The number of nitrogens with zero attached hydrogens (tertiary/aromatic N) is 8. The molecule has 1 amide bonds. The molecule has 0 bridgehead atoms. The fourth-order valence-electron chi connectivity index (χ4n) is 4.17. The summed E-state index contributed by atoms with van der Waals surface area (Å²) in [5.41, 5.74) is 2.13. The van der Waals surface area contributed by atoms with Gasteiger partial charge in [0.05, 0.1) is 37.0 Å². The molecule has 4 rings (SSSR count). The lowest BCUT2D eigenvalue weighted by Gasteiger charge is -2.24. The smallest absolute Gasteiger partial charge is 0.410 e. The van der Waals surface area contributed by atoms with Gasteiger partial charge in [-0.05, 0) is 77.6 Å². The molecule has 0 aliphatic rings. The number of ether oxygens (including phenoxy) is 3. The van der Waals surface area contributed by atoms with Gasteiger partial charge in [0.15, 0.2) is 11.2 Å². The number of unbranched alkanes of at least 4 members (excludes halogenated alkanes) is 2. The summed E-state index contributed by atoms with van der Waals surface area (Å²) in [6.07, 6.45) is 8.43. The Morgan fingerprint density at radius 3 is 2.59 bits per heavy atom. The third-order valence-corrected chi connectivity index (χ3v) is 6.35. The second-order valence-corrected chi connectivity index (χ2v) is 11.2. The molecule has 14 nitrogen and oxygen atoms in total. The van der Waals surface area contributed by atoms with Crippen molar-refractivity contribution >= 4 is 34.9 Å². The van der Waals surface area contributed by atoms with Crippen molar-refractivity contribution in [2.45, 2.75) is 71.9 Å². The van der Waals surface area contributed by atoms with Gasteiger partial charge in [0.2, 0.25) is 5.95 Å². The van der Waals surface area contributed by atoms with Crippen LogP contribution in [0.3, 0.4) is 0 Å². The molecule has 0 saturated heterocycles. The number of hydrogen-bond donors (Lipinski definition) is 1. The molecule has 44 heavy (non-hydrogen) atoms. The number of esters is 1. The van der Waals surface area contributed by atoms with Crippen LogP contribution in [0.5, 0.6) is 5.75 Å². The lowest BCUT2D eigenvalue weighted by Crippen LogP contribution is -2.34. The molecule has 14 heteroatoms. The van der Waals surface area contributed by atoms with Gasteiger partial charge in [0.1, 0.15) is 11.4 Å². The fraction of sp³-hybridized carbons (Fsp3) is 0.500. The van der Waals surface area contributed by atoms with E-state index in [2.05, 4.69) is 30.7 Å². The second-order valence-electron chi connectivity index (χ2n) is 11.2. The quantitative estimate of drug-likeness (QED) is 0.145. The number of carbonyl (C=O) groups excluding carboxylic acids is 2. The standard InChI is InChI=1S/C30H41N9O5/c1-6-42-26(40)11-7-10-18-43-24-14-12-23(13-15-24)39-27-25(35-36-39)20-31-28(34-27)33-22-19-32-38(21-22)17-9-8-16-37(5)29(41)44-30(2,3)4/h12-15,19-21H,6-11,16-18H2,1-5H3,(H,31,33,34). The first-order valence-electron chi connectivity index (χ1n) is 14.8. The number of benzene rings is 1. The zero-order chi connectivity index (χ0) is 31.5. The average Bonchev–Trinajstić information content (AvgIpc) is 3.61. The predicted octanol–water partition coefficient (Wildman–Crippen LogP) is 4.91. The number of anilines is 2. The van der Waals surface area contributed by atoms with Crippen LogP contribution >= 0.6 is 0 Å². The van der Waals surface area contributed by atoms with Crippen LogP contribution in [0.2, 0.25) is 0 Å². The largest absolute Gasteiger partial charge is 0.494 e. The molecule has 0 atom stereocenters. The molecule has 4 aromatic rings. The SMILES string of the molecule is CCOC(=O)CCCCOc1ccc(-n2nnc3cnc(Nc4cnn(CCCCN(C)C(=O)OC(C)(C)C)c4)nc32)cc1. The van der Waals surface area contributed by atoms with Gasteiger partial charge in [-0.15, -0.1) is 5.10 Å². The number of nitrogens with one attached hydrogen (secondary N) is 1. The van der Waals surface area contributed by atoms with Gasteiger partial charge >= 0.3 is 12.1 Å². The Hall–Kier alpha value is -4.75. The lowest BCUT2D eigenvalue weighted by molar-refractivity contribution is -0.143. The number of rotatable bonds is 15. The maximum Gasteiger partial charge on any atom is 0.410 e. The molecular weight excluding hydrogens is 566 g/mol. The van der Waals surface area contributed by atoms with Gasteiger partial charge in [0.25, 0.3) is 0 Å². The van der Waals surface area contributed by atoms with E-state index in [0.717, 1.165) is 36.4 Å². The maximum atomic E-state index is 12.1. The molecule has 0 aliphatic heterocycles. The van der Waals surface area contributed by atoms with Gasteiger partial charge in [-0.2, -0.15) is 14.8 Å². The van der Waals surface area contributed by atoms with E-state index in [-0.39, 0.29) is 12.1 Å². The summed E-state index contributed by atoms with van der Waals surface area (Å²) in [4.78, 5) is 34.1. The highest BCUT2D eigenvalue weighted by Crippen LogP contribution is 2.20. The third-order valence-electron chi connectivity index (χ3n) is 6.35. The minimum atomic E-state index is -0.509. The van der Waals surface area contributed by atoms with Crippen molar-refractivity contribution in [3.63, 3.8) is 0 Å². The van der Waals surface area contributed by atoms with Crippen LogP contribution in [0.25, 0.3) is 16.9 Å². The Morgan fingerprint density at radius 1 is 1.05 bits per heavy atom. The van der Waals surface area contributed by atoms with E-state index in [0.29, 0.717) is 56.3 Å². The highest BCUT2D eigenvalue weighted by Gasteiger charge is 2.19. The molecular formula is C30H41N9O5. The van der Waals surface area contributed by atoms with Gasteiger partial charge in [-0.1, -0.05) is 5.21 Å². The molecule has 1 N–H and O–H groups in total. The Morgan fingerprint density at radius 2 is 1.84 bits per heavy atom. The van der Waals surface area contributed by atoms with Crippen molar-refractivity contribution in [1.29, 1.82) is 0 Å². The number of aromatic nitrogens is 7. The summed E-state index contributed by atoms with van der Waals surface area (Å²) < 4.78 is 19.6. The Balaban J connectivity index is 1.27. The van der Waals surface area contributed by atoms with E-state index in [1.807, 2.05) is 55.9 Å². The first kappa shape index (κ1) is 32.2. The summed E-state index contributed by atoms with van der Waals surface area (Å²) in [7, 11) is 1.74. The van der Waals surface area contributed by atoms with Gasteiger partial charge < -0.3 is 24.4 Å². The zero-order valence-electron chi connectivity index (χ0n) is 26.0. The van der Waals surface area contributed by atoms with E-state index in [9.17, 15) is 9.59 Å². The summed E-state index contributed by atoms with van der Waals surface area (Å²) in [6.45, 7) is 9.58. The number of fused-ring (bicyclic) bond motifs is 1. The van der Waals surface area contributed by atoms with Crippen LogP contribution in [-0.4, -0.2) is 84.1 Å². The molecule has 3 aromatic heterocycles. The van der Waals surface area contributed by atoms with Crippen LogP contribution in [-0.2, 0) is 20.8 Å². The first-order chi connectivity index (χ1) is 21.1. The van der Waals surface area contributed by atoms with E-state index >= 15 is 0 Å². The monoisotopic (exact) mass is 607 g/mol. The van der Waals surface area contributed by atoms with Crippen molar-refractivity contribution in [3.05, 3.63) is 42.9 Å². The van der Waals surface area contributed by atoms with Crippen LogP contribution in [0.4, 0.5) is 16.4 Å². The predicted molar refractivity (Wildman–Crippen MR) is 164 cm³/mol. The summed E-state index contributed by atoms with van der Waals surface area (Å²) in [6, 6.07) is 7.48. The highest BCUT2D eigenvalue weighted by atomic mass is 16.6. The summed E-state index contributed by atoms with van der Waals surface area (Å²) in [5.74, 6) is 0.934. The van der Waals surface area contributed by atoms with Crippen LogP contribution < -0.4 is 10.1 Å². The molecule has 1 aromatic carbocycles. The minimum absolute atomic E-state index is 0.178. The topological polar surface area (TPSA) is 151 Å². The van der Waals surface area contributed by atoms with Gasteiger partial charge in [-0.3, -0.25) is 9.48 Å². The maximum absolute atomic E-state index is 12.1. The fourth-order valence-corrected chi connectivity index (χ4v) is 4.17. The number of carbonyl (C=O) groups is 2. The lowest BCUT2D eigenvalue weighted by atomic mass is 10.2. The van der Waals surface area contributed by atoms with Crippen molar-refractivity contribution < 1.29 is 23.8 Å². The van der Waals surface area contributed by atoms with Gasteiger partial charge in [-0.25, -0.2) is 9.78 Å². The molecule has 3 heterocycles. The van der Waals surface area contributed by atoms with Crippen LogP contribution in [0.1, 0.15) is 59.8 Å². The zero-order valence-corrected chi connectivity index (χ0v) is 26.0. The minimum Gasteiger partial charge on any atom is -0.494 e. The number of amides is 1. The first-order valence-corrected chi connectivity index (χ1v) is 14.8. The number of hydrogen-bond acceptors (Lipinski definition) is 11. The molecule has 0 fully saturated rings. The van der Waals surface area contributed by atoms with Crippen LogP contribution in [0, 0.1) is 0 Å². The van der Waals surface area contributed by atoms with Crippen molar-refractivity contribution in [2.75, 3.05) is 32.1 Å². The number of aryl methyl sites for hydroxylation is 1. The van der Waals surface area contributed by atoms with E-state index in [1.54, 1.807) is 35.9 Å². The van der Waals surface area contributed by atoms with Crippen molar-refractivity contribution in [3.8, 4) is 11.4 Å². The second kappa shape index (κ2) is 15.1. The molecule has 0 unspecified atom stereocenters. The Kier molecular flexibility index (Phi) is 11.1. The Labute approximate surface area is 256 Å². The molecule has 0 spiro atoms. The Bertz CT molecular complexity index is 1510. The van der Waals surface area contributed by atoms with Crippen molar-refractivity contribution in [1.82, 2.24) is 39.6 Å². The highest BCUT2D eigenvalue weighted by molar-refractivity contribution is 5.73. The molecule has 0 aliphatic carbocycles.